The molecule has 2 heterocycles. The van der Waals surface area contributed by atoms with E-state index in [4.69, 9.17) is 15.3 Å². The number of aromatic nitrogens is 4. The number of anilines is 1. The minimum atomic E-state index is -3.38. The first-order valence-electron chi connectivity index (χ1n) is 12.4. The van der Waals surface area contributed by atoms with Crippen LogP contribution in [-0.2, 0) is 25.8 Å². The fraction of sp³-hybridized carbons (Fsp3) is 0.480. The molecule has 1 aliphatic rings. The highest BCUT2D eigenvalue weighted by atomic mass is 32.2. The Morgan fingerprint density at radius 3 is 2.45 bits per heavy atom. The molecule has 0 aromatic carbocycles. The summed E-state index contributed by atoms with van der Waals surface area (Å²) in [6.45, 7) is 8.98. The number of carbonyl (C=O) groups is 2. The standard InChI is InChI=1S/C25H35N7O5S/c1-7-13-38(27,36)23-28-20(26)19-21(29-23)31(14-17-12-10-9-11-16(17)5)25(35)32(19)24(34)30(6)18(15(3)4)22(33)37-8-2/h9-12,16-17,27H,7-8,13-14H2,1-6H3,(H2,26,28,29). The molecule has 206 valence electrons. The van der Waals surface area contributed by atoms with Crippen molar-refractivity contribution in [3.63, 3.8) is 0 Å². The Morgan fingerprint density at radius 1 is 1.21 bits per heavy atom. The molecule has 1 aliphatic carbocycles. The number of nitrogen functional groups attached to an aromatic ring is 1. The number of nitrogens with two attached hydrogens (primary N) is 1. The lowest BCUT2D eigenvalue weighted by molar-refractivity contribution is -0.139. The molecule has 3 rings (SSSR count). The third-order valence-electron chi connectivity index (χ3n) is 6.27. The van der Waals surface area contributed by atoms with E-state index < -0.39 is 27.4 Å². The molecule has 0 fully saturated rings. The van der Waals surface area contributed by atoms with Crippen LogP contribution in [-0.4, -0.2) is 59.6 Å². The third kappa shape index (κ3) is 5.42. The van der Waals surface area contributed by atoms with E-state index >= 15 is 0 Å². The molecule has 3 atom stereocenters. The molecule has 2 aromatic heterocycles. The van der Waals surface area contributed by atoms with Crippen molar-refractivity contribution in [1.82, 2.24) is 24.0 Å². The van der Waals surface area contributed by atoms with Gasteiger partial charge >= 0.3 is 17.7 Å². The summed E-state index contributed by atoms with van der Waals surface area (Å²) in [6.07, 6.45) is 8.20. The third-order valence-corrected chi connectivity index (χ3v) is 8.02. The van der Waals surface area contributed by atoms with Crippen LogP contribution < -0.4 is 11.4 Å². The van der Waals surface area contributed by atoms with Gasteiger partial charge in [0.15, 0.2) is 11.5 Å². The van der Waals surface area contributed by atoms with Gasteiger partial charge in [0.2, 0.25) is 5.16 Å². The number of hydrogen-bond acceptors (Lipinski definition) is 9. The van der Waals surface area contributed by atoms with Crippen LogP contribution >= 0.6 is 0 Å². The molecule has 0 radical (unpaired) electrons. The summed E-state index contributed by atoms with van der Waals surface area (Å²) in [5.41, 5.74) is 5.90. The maximum atomic E-state index is 13.8. The second-order valence-corrected chi connectivity index (χ2v) is 11.5. The number of imidazole rings is 1. The number of nitrogens with zero attached hydrogens (tertiary/aromatic N) is 5. The number of rotatable bonds is 8. The van der Waals surface area contributed by atoms with Crippen LogP contribution in [0.15, 0.2) is 45.5 Å². The zero-order valence-corrected chi connectivity index (χ0v) is 23.4. The fourth-order valence-corrected chi connectivity index (χ4v) is 5.58. The Bertz CT molecular complexity index is 1510. The second kappa shape index (κ2) is 11.3. The van der Waals surface area contributed by atoms with Crippen LogP contribution in [0.2, 0.25) is 0 Å². The van der Waals surface area contributed by atoms with Gasteiger partial charge < -0.3 is 10.5 Å². The molecule has 1 amide bonds. The number of amides is 1. The first-order valence-corrected chi connectivity index (χ1v) is 14.1. The van der Waals surface area contributed by atoms with Crippen LogP contribution in [0.5, 0.6) is 0 Å². The first-order chi connectivity index (χ1) is 17.8. The summed E-state index contributed by atoms with van der Waals surface area (Å²) >= 11 is 0. The number of fused-ring (bicyclic) bond motifs is 1. The van der Waals surface area contributed by atoms with E-state index in [1.165, 1.54) is 11.6 Å². The highest BCUT2D eigenvalue weighted by Gasteiger charge is 2.31. The summed E-state index contributed by atoms with van der Waals surface area (Å²) in [4.78, 5) is 49.6. The Hall–Kier alpha value is -3.74. The van der Waals surface area contributed by atoms with Gasteiger partial charge in [-0.15, -0.1) is 0 Å². The van der Waals surface area contributed by atoms with Crippen molar-refractivity contribution >= 4 is 38.7 Å². The first kappa shape index (κ1) is 28.8. The molecular formula is C25H35N7O5S. The van der Waals surface area contributed by atoms with Gasteiger partial charge in [0.05, 0.1) is 6.61 Å². The van der Waals surface area contributed by atoms with E-state index in [1.54, 1.807) is 27.7 Å². The van der Waals surface area contributed by atoms with Crippen molar-refractivity contribution < 1.29 is 18.5 Å². The second-order valence-electron chi connectivity index (χ2n) is 9.38. The average Bonchev–Trinajstić information content (AvgIpc) is 3.11. The highest BCUT2D eigenvalue weighted by molar-refractivity contribution is 7.92. The largest absolute Gasteiger partial charge is 0.461 e. The lowest BCUT2D eigenvalue weighted by Gasteiger charge is -2.21. The van der Waals surface area contributed by atoms with Crippen LogP contribution in [0.25, 0.3) is 11.2 Å². The number of esters is 1. The molecule has 0 bridgehead atoms. The van der Waals surface area contributed by atoms with Gasteiger partial charge in [-0.3, -0.25) is 9.47 Å². The van der Waals surface area contributed by atoms with E-state index in [2.05, 4.69) is 9.97 Å². The lowest BCUT2D eigenvalue weighted by atomic mass is 9.90. The molecule has 38 heavy (non-hydrogen) atoms. The van der Waals surface area contributed by atoms with E-state index in [-0.39, 0.29) is 58.6 Å². The Morgan fingerprint density at radius 2 is 1.87 bits per heavy atom. The van der Waals surface area contributed by atoms with Crippen molar-refractivity contribution in [3.8, 4) is 0 Å². The van der Waals surface area contributed by atoms with Crippen LogP contribution in [0.4, 0.5) is 10.6 Å². The molecule has 2 aromatic rings. The molecule has 13 heteroatoms. The number of ether oxygens (including phenoxy) is 1. The average molecular weight is 546 g/mol. The molecule has 0 spiro atoms. The zero-order valence-electron chi connectivity index (χ0n) is 22.6. The number of likely N-dealkylation sites (N-methyl/N-ethyl adjacent to an activating group) is 1. The van der Waals surface area contributed by atoms with Crippen molar-refractivity contribution in [1.29, 1.82) is 4.78 Å². The quantitative estimate of drug-likeness (QED) is 0.290. The van der Waals surface area contributed by atoms with Gasteiger partial charge in [0, 0.05) is 25.3 Å². The molecule has 3 unspecified atom stereocenters. The van der Waals surface area contributed by atoms with Gasteiger partial charge in [0.25, 0.3) is 0 Å². The van der Waals surface area contributed by atoms with Crippen molar-refractivity contribution in [2.24, 2.45) is 11.8 Å². The number of hydrogen-bond donors (Lipinski definition) is 2. The number of nitrogens with one attached hydrogen (secondary N) is 1. The fourth-order valence-electron chi connectivity index (χ4n) is 4.34. The topological polar surface area (TPSA) is 166 Å². The van der Waals surface area contributed by atoms with Crippen molar-refractivity contribution in [3.05, 3.63) is 46.1 Å². The Labute approximate surface area is 221 Å². The van der Waals surface area contributed by atoms with Crippen molar-refractivity contribution in [2.75, 3.05) is 25.1 Å². The Kier molecular flexibility index (Phi) is 8.60. The monoisotopic (exact) mass is 545 g/mol. The summed E-state index contributed by atoms with van der Waals surface area (Å²) < 4.78 is 28.5. The molecule has 0 aliphatic heterocycles. The SMILES string of the molecule is CCCS(=N)(=O)c1nc(N)c2c(n1)n(CC1C=CC=CC1C)c(=O)n2C(=O)N(C)C(C(=O)OCC)=C(C)C. The maximum absolute atomic E-state index is 13.8. The summed E-state index contributed by atoms with van der Waals surface area (Å²) in [5.74, 6) is -0.980. The van der Waals surface area contributed by atoms with Crippen LogP contribution in [0, 0.1) is 16.6 Å². The summed E-state index contributed by atoms with van der Waals surface area (Å²) in [7, 11) is -2.02. The van der Waals surface area contributed by atoms with E-state index in [1.807, 2.05) is 31.2 Å². The predicted molar refractivity (Wildman–Crippen MR) is 145 cm³/mol. The number of carbonyl (C=O) groups excluding carboxylic acids is 2. The Balaban J connectivity index is 2.29. The molecule has 0 saturated carbocycles. The van der Waals surface area contributed by atoms with Crippen molar-refractivity contribution in [2.45, 2.75) is 52.7 Å². The molecule has 12 nitrogen and oxygen atoms in total. The van der Waals surface area contributed by atoms with Gasteiger partial charge in [-0.05, 0) is 38.7 Å². The van der Waals surface area contributed by atoms with E-state index in [0.717, 1.165) is 9.47 Å². The van der Waals surface area contributed by atoms with Gasteiger partial charge in [-0.2, -0.15) is 4.98 Å². The van der Waals surface area contributed by atoms with E-state index in [9.17, 15) is 18.6 Å². The molecular weight excluding hydrogens is 510 g/mol. The highest BCUT2D eigenvalue weighted by Crippen LogP contribution is 2.26. The minimum absolute atomic E-state index is 0.000339. The summed E-state index contributed by atoms with van der Waals surface area (Å²) in [5, 5.41) is -0.292. The molecule has 0 saturated heterocycles. The number of allylic oxidation sites excluding steroid dienone is 5. The van der Waals surface area contributed by atoms with Crippen LogP contribution in [0.3, 0.4) is 0 Å². The van der Waals surface area contributed by atoms with E-state index in [0.29, 0.717) is 12.0 Å². The smallest absolute Gasteiger partial charge is 0.355 e. The maximum Gasteiger partial charge on any atom is 0.355 e. The normalized spacial score (nSPS) is 18.3. The summed E-state index contributed by atoms with van der Waals surface area (Å²) in [6, 6.07) is -0.863. The predicted octanol–water partition coefficient (Wildman–Crippen LogP) is 3.13. The van der Waals surface area contributed by atoms with Gasteiger partial charge in [-0.25, -0.2) is 32.9 Å². The minimum Gasteiger partial charge on any atom is -0.461 e. The van der Waals surface area contributed by atoms with Gasteiger partial charge in [-0.1, -0.05) is 38.2 Å². The lowest BCUT2D eigenvalue weighted by Crippen LogP contribution is -2.40. The molecule has 3 N–H and O–H groups in total. The van der Waals surface area contributed by atoms with Crippen LogP contribution in [0.1, 0.15) is 41.0 Å². The zero-order chi connectivity index (χ0) is 28.4. The van der Waals surface area contributed by atoms with Gasteiger partial charge in [0.1, 0.15) is 20.9 Å².